The zero-order valence-electron chi connectivity index (χ0n) is 21.3. The van der Waals surface area contributed by atoms with Crippen molar-refractivity contribution in [1.82, 2.24) is 21.3 Å². The Balaban J connectivity index is 1.41. The highest BCUT2D eigenvalue weighted by molar-refractivity contribution is 5.94. The molecule has 0 aliphatic rings. The Hall–Kier alpha value is -4.26. The predicted octanol–water partition coefficient (Wildman–Crippen LogP) is 4.51. The minimum absolute atomic E-state index is 0.0583. The van der Waals surface area contributed by atoms with Gasteiger partial charge in [0.1, 0.15) is 0 Å². The van der Waals surface area contributed by atoms with E-state index in [4.69, 9.17) is 0 Å². The molecule has 0 saturated heterocycles. The van der Waals surface area contributed by atoms with Gasteiger partial charge in [0.15, 0.2) is 0 Å². The number of amides is 2. The van der Waals surface area contributed by atoms with Crippen LogP contribution in [0.25, 0.3) is 0 Å². The molecular formula is C32H34N4O2. The van der Waals surface area contributed by atoms with Crippen LogP contribution in [0.1, 0.15) is 43.9 Å². The highest BCUT2D eigenvalue weighted by atomic mass is 16.2. The van der Waals surface area contributed by atoms with Gasteiger partial charge < -0.3 is 21.3 Å². The minimum atomic E-state index is -0.0875. The van der Waals surface area contributed by atoms with Crippen LogP contribution in [0, 0.1) is 0 Å². The van der Waals surface area contributed by atoms with E-state index >= 15 is 0 Å². The fourth-order valence-electron chi connectivity index (χ4n) is 4.37. The van der Waals surface area contributed by atoms with E-state index in [1.807, 2.05) is 97.1 Å². The Kier molecular flexibility index (Phi) is 10.2. The summed E-state index contributed by atoms with van der Waals surface area (Å²) in [6.45, 7) is 2.17. The van der Waals surface area contributed by atoms with Gasteiger partial charge in [0.25, 0.3) is 11.8 Å². The number of carbonyl (C=O) groups is 2. The van der Waals surface area contributed by atoms with E-state index in [-0.39, 0.29) is 23.9 Å². The largest absolute Gasteiger partial charge is 0.351 e. The van der Waals surface area contributed by atoms with Crippen molar-refractivity contribution < 1.29 is 9.59 Å². The van der Waals surface area contributed by atoms with Crippen LogP contribution in [0.4, 0.5) is 0 Å². The van der Waals surface area contributed by atoms with E-state index in [0.717, 1.165) is 11.1 Å². The van der Waals surface area contributed by atoms with Gasteiger partial charge in [-0.25, -0.2) is 0 Å². The van der Waals surface area contributed by atoms with Gasteiger partial charge in [-0.3, -0.25) is 9.59 Å². The number of hydrogen-bond donors (Lipinski definition) is 4. The quantitative estimate of drug-likeness (QED) is 0.201. The molecule has 38 heavy (non-hydrogen) atoms. The van der Waals surface area contributed by atoms with E-state index < -0.39 is 0 Å². The first kappa shape index (κ1) is 26.8. The molecule has 0 radical (unpaired) electrons. The van der Waals surface area contributed by atoms with Crippen LogP contribution < -0.4 is 21.3 Å². The van der Waals surface area contributed by atoms with Crippen molar-refractivity contribution in [2.45, 2.75) is 12.1 Å². The maximum atomic E-state index is 12.5. The van der Waals surface area contributed by atoms with E-state index in [2.05, 4.69) is 45.5 Å². The zero-order chi connectivity index (χ0) is 26.4. The van der Waals surface area contributed by atoms with E-state index in [0.29, 0.717) is 37.3 Å². The molecule has 4 N–H and O–H groups in total. The maximum absolute atomic E-state index is 12.5. The molecular weight excluding hydrogens is 472 g/mol. The third-order valence-corrected chi connectivity index (χ3v) is 6.27. The van der Waals surface area contributed by atoms with Gasteiger partial charge in [0.05, 0.1) is 12.1 Å². The zero-order valence-corrected chi connectivity index (χ0v) is 21.3. The monoisotopic (exact) mass is 506 g/mol. The first-order chi connectivity index (χ1) is 18.7. The summed E-state index contributed by atoms with van der Waals surface area (Å²) in [7, 11) is 0. The summed E-state index contributed by atoms with van der Waals surface area (Å²) in [4.78, 5) is 24.9. The molecule has 0 aliphatic heterocycles. The summed E-state index contributed by atoms with van der Waals surface area (Å²) < 4.78 is 0. The second-order valence-corrected chi connectivity index (χ2v) is 8.93. The fraction of sp³-hybridized carbons (Fsp3) is 0.188. The highest BCUT2D eigenvalue weighted by Gasteiger charge is 2.24. The van der Waals surface area contributed by atoms with Crippen LogP contribution in [0.5, 0.6) is 0 Å². The molecule has 4 aromatic rings. The molecule has 4 aromatic carbocycles. The normalized spacial score (nSPS) is 12.3. The van der Waals surface area contributed by atoms with Crippen LogP contribution in [0.15, 0.2) is 121 Å². The maximum Gasteiger partial charge on any atom is 0.251 e. The lowest BCUT2D eigenvalue weighted by atomic mass is 9.93. The van der Waals surface area contributed by atoms with Crippen LogP contribution in [-0.2, 0) is 0 Å². The van der Waals surface area contributed by atoms with Crippen LogP contribution in [0.3, 0.4) is 0 Å². The third kappa shape index (κ3) is 7.87. The SMILES string of the molecule is O=C(NCCNC(c1ccccc1)C(NCCNC(=O)c1ccccc1)c1ccccc1)c1ccccc1. The average molecular weight is 507 g/mol. The van der Waals surface area contributed by atoms with Gasteiger partial charge >= 0.3 is 0 Å². The van der Waals surface area contributed by atoms with Crippen molar-refractivity contribution in [3.8, 4) is 0 Å². The van der Waals surface area contributed by atoms with Crippen molar-refractivity contribution in [2.75, 3.05) is 26.2 Å². The molecule has 0 saturated carbocycles. The van der Waals surface area contributed by atoms with Crippen molar-refractivity contribution in [1.29, 1.82) is 0 Å². The van der Waals surface area contributed by atoms with E-state index in [1.54, 1.807) is 0 Å². The Morgan fingerprint density at radius 2 is 0.763 bits per heavy atom. The van der Waals surface area contributed by atoms with Crippen molar-refractivity contribution >= 4 is 11.8 Å². The molecule has 2 unspecified atom stereocenters. The second-order valence-electron chi connectivity index (χ2n) is 8.93. The van der Waals surface area contributed by atoms with Gasteiger partial charge in [-0.1, -0.05) is 97.1 Å². The summed E-state index contributed by atoms with van der Waals surface area (Å²) in [6, 6.07) is 38.9. The van der Waals surface area contributed by atoms with Crippen LogP contribution >= 0.6 is 0 Å². The number of rotatable bonds is 13. The number of nitrogens with one attached hydrogen (secondary N) is 4. The number of hydrogen-bond acceptors (Lipinski definition) is 4. The highest BCUT2D eigenvalue weighted by Crippen LogP contribution is 2.28. The lowest BCUT2D eigenvalue weighted by molar-refractivity contribution is 0.0944. The van der Waals surface area contributed by atoms with E-state index in [9.17, 15) is 9.59 Å². The van der Waals surface area contributed by atoms with E-state index in [1.165, 1.54) is 0 Å². The molecule has 6 nitrogen and oxygen atoms in total. The summed E-state index contributed by atoms with van der Waals surface area (Å²) in [5, 5.41) is 13.3. The Morgan fingerprint density at radius 1 is 0.447 bits per heavy atom. The molecule has 0 fully saturated rings. The first-order valence-corrected chi connectivity index (χ1v) is 13.0. The lowest BCUT2D eigenvalue weighted by Gasteiger charge is -2.30. The van der Waals surface area contributed by atoms with Crippen molar-refractivity contribution in [3.05, 3.63) is 144 Å². The number of carbonyl (C=O) groups excluding carboxylic acids is 2. The third-order valence-electron chi connectivity index (χ3n) is 6.27. The van der Waals surface area contributed by atoms with Gasteiger partial charge in [-0.05, 0) is 35.4 Å². The standard InChI is InChI=1S/C32H34N4O2/c37-31(27-17-9-3-10-18-27)35-23-21-33-29(25-13-5-1-6-14-25)30(26-15-7-2-8-16-26)34-22-24-36-32(38)28-19-11-4-12-20-28/h1-20,29-30,33-34H,21-24H2,(H,35,37)(H,36,38). The fourth-order valence-corrected chi connectivity index (χ4v) is 4.37. The molecule has 0 aromatic heterocycles. The summed E-state index contributed by atoms with van der Waals surface area (Å²) in [5.41, 5.74) is 3.56. The van der Waals surface area contributed by atoms with Crippen LogP contribution in [-0.4, -0.2) is 38.0 Å². The molecule has 194 valence electrons. The smallest absolute Gasteiger partial charge is 0.251 e. The molecule has 2 atom stereocenters. The summed E-state index contributed by atoms with van der Waals surface area (Å²) in [5.74, 6) is -0.175. The summed E-state index contributed by atoms with van der Waals surface area (Å²) in [6.07, 6.45) is 0. The second kappa shape index (κ2) is 14.5. The molecule has 0 bridgehead atoms. The first-order valence-electron chi connectivity index (χ1n) is 13.0. The topological polar surface area (TPSA) is 82.3 Å². The Morgan fingerprint density at radius 3 is 1.11 bits per heavy atom. The average Bonchev–Trinajstić information content (AvgIpc) is 2.99. The van der Waals surface area contributed by atoms with Gasteiger partial charge in [-0.15, -0.1) is 0 Å². The van der Waals surface area contributed by atoms with Gasteiger partial charge in [0.2, 0.25) is 0 Å². The Labute approximate surface area is 224 Å². The Bertz CT molecular complexity index is 1150. The molecule has 4 rings (SSSR count). The van der Waals surface area contributed by atoms with Crippen LogP contribution in [0.2, 0.25) is 0 Å². The van der Waals surface area contributed by atoms with Gasteiger partial charge in [0, 0.05) is 37.3 Å². The molecule has 0 heterocycles. The molecule has 6 heteroatoms. The molecule has 2 amide bonds. The van der Waals surface area contributed by atoms with Crippen molar-refractivity contribution in [2.24, 2.45) is 0 Å². The molecule has 0 aliphatic carbocycles. The lowest BCUT2D eigenvalue weighted by Crippen LogP contribution is -2.41. The van der Waals surface area contributed by atoms with Gasteiger partial charge in [-0.2, -0.15) is 0 Å². The minimum Gasteiger partial charge on any atom is -0.351 e. The predicted molar refractivity (Wildman–Crippen MR) is 152 cm³/mol. The molecule has 0 spiro atoms. The number of benzene rings is 4. The summed E-state index contributed by atoms with van der Waals surface area (Å²) >= 11 is 0. The van der Waals surface area contributed by atoms with Crippen molar-refractivity contribution in [3.63, 3.8) is 0 Å².